The molecular formula is C17H35Cl2N3O. The second kappa shape index (κ2) is 11.5. The highest BCUT2D eigenvalue weighted by Crippen LogP contribution is 2.25. The number of nitrogens with one attached hydrogen (secondary N) is 1. The maximum absolute atomic E-state index is 12.5. The molecule has 2 heterocycles. The molecule has 1 N–H and O–H groups in total. The van der Waals surface area contributed by atoms with Crippen molar-refractivity contribution in [3.8, 4) is 0 Å². The smallest absolute Gasteiger partial charge is 0.222 e. The van der Waals surface area contributed by atoms with Crippen LogP contribution in [0.5, 0.6) is 0 Å². The Labute approximate surface area is 154 Å². The number of piperazine rings is 1. The summed E-state index contributed by atoms with van der Waals surface area (Å²) in [4.78, 5) is 17.1. The Morgan fingerprint density at radius 3 is 2.13 bits per heavy atom. The molecule has 2 saturated heterocycles. The van der Waals surface area contributed by atoms with Crippen molar-refractivity contribution in [1.29, 1.82) is 0 Å². The zero-order valence-corrected chi connectivity index (χ0v) is 16.6. The van der Waals surface area contributed by atoms with Crippen LogP contribution in [0.1, 0.15) is 40.0 Å². The molecule has 2 aliphatic heterocycles. The molecule has 2 fully saturated rings. The van der Waals surface area contributed by atoms with Crippen LogP contribution >= 0.6 is 24.8 Å². The van der Waals surface area contributed by atoms with Crippen molar-refractivity contribution in [3.63, 3.8) is 0 Å². The second-order valence-corrected chi connectivity index (χ2v) is 7.34. The largest absolute Gasteiger partial charge is 0.340 e. The van der Waals surface area contributed by atoms with Gasteiger partial charge in [0.25, 0.3) is 0 Å². The van der Waals surface area contributed by atoms with E-state index < -0.39 is 0 Å². The molecule has 0 spiro atoms. The van der Waals surface area contributed by atoms with Gasteiger partial charge in [-0.1, -0.05) is 20.8 Å². The van der Waals surface area contributed by atoms with Crippen molar-refractivity contribution in [2.24, 2.45) is 17.8 Å². The SMILES string of the molecule is CC(C)CN1CCN(C(=O)CC(C)C2CCNCC2)CC1.Cl.Cl. The number of halogens is 2. The quantitative estimate of drug-likeness (QED) is 0.811. The third kappa shape index (κ3) is 7.59. The van der Waals surface area contributed by atoms with Gasteiger partial charge in [0.05, 0.1) is 0 Å². The van der Waals surface area contributed by atoms with Crippen molar-refractivity contribution >= 4 is 30.7 Å². The van der Waals surface area contributed by atoms with Gasteiger partial charge < -0.3 is 10.2 Å². The molecule has 0 radical (unpaired) electrons. The molecule has 6 heteroatoms. The number of piperidine rings is 1. The predicted molar refractivity (Wildman–Crippen MR) is 102 cm³/mol. The van der Waals surface area contributed by atoms with Crippen LogP contribution in [0.25, 0.3) is 0 Å². The standard InChI is InChI=1S/C17H33N3O.2ClH/c1-14(2)13-19-8-10-20(11-9-19)17(21)12-15(3)16-4-6-18-7-5-16;;/h14-16,18H,4-13H2,1-3H3;2*1H. The number of carbonyl (C=O) groups excluding carboxylic acids is 1. The Morgan fingerprint density at radius 1 is 1.04 bits per heavy atom. The fourth-order valence-corrected chi connectivity index (χ4v) is 3.68. The van der Waals surface area contributed by atoms with E-state index in [9.17, 15) is 4.79 Å². The summed E-state index contributed by atoms with van der Waals surface area (Å²) in [5.74, 6) is 2.36. The fraction of sp³-hybridized carbons (Fsp3) is 0.941. The third-order valence-electron chi connectivity index (χ3n) is 5.03. The van der Waals surface area contributed by atoms with Crippen LogP contribution in [-0.2, 0) is 4.79 Å². The molecule has 0 bridgehead atoms. The molecule has 138 valence electrons. The molecule has 1 unspecified atom stereocenters. The highest BCUT2D eigenvalue weighted by atomic mass is 35.5. The maximum atomic E-state index is 12.5. The van der Waals surface area contributed by atoms with E-state index in [4.69, 9.17) is 0 Å². The summed E-state index contributed by atoms with van der Waals surface area (Å²) in [7, 11) is 0. The van der Waals surface area contributed by atoms with E-state index in [1.54, 1.807) is 0 Å². The van der Waals surface area contributed by atoms with Crippen LogP contribution in [0.15, 0.2) is 0 Å². The molecule has 4 nitrogen and oxygen atoms in total. The number of carbonyl (C=O) groups is 1. The molecule has 23 heavy (non-hydrogen) atoms. The van der Waals surface area contributed by atoms with Gasteiger partial charge in [-0.3, -0.25) is 9.69 Å². The Hall–Kier alpha value is -0.0300. The first-order valence-corrected chi connectivity index (χ1v) is 8.77. The van der Waals surface area contributed by atoms with Gasteiger partial charge in [0.1, 0.15) is 0 Å². The zero-order chi connectivity index (χ0) is 15.2. The van der Waals surface area contributed by atoms with Crippen molar-refractivity contribution < 1.29 is 4.79 Å². The summed E-state index contributed by atoms with van der Waals surface area (Å²) in [5.41, 5.74) is 0. The molecule has 0 aromatic carbocycles. The van der Waals surface area contributed by atoms with E-state index in [1.165, 1.54) is 12.8 Å². The minimum absolute atomic E-state index is 0. The average Bonchev–Trinajstić information content (AvgIpc) is 2.48. The van der Waals surface area contributed by atoms with Crippen molar-refractivity contribution in [2.45, 2.75) is 40.0 Å². The molecule has 1 amide bonds. The number of hydrogen-bond donors (Lipinski definition) is 1. The summed E-state index contributed by atoms with van der Waals surface area (Å²) in [6.45, 7) is 14.1. The van der Waals surface area contributed by atoms with Crippen LogP contribution < -0.4 is 5.32 Å². The van der Waals surface area contributed by atoms with Crippen LogP contribution in [0.4, 0.5) is 0 Å². The number of amides is 1. The molecule has 2 rings (SSSR count). The van der Waals surface area contributed by atoms with Gasteiger partial charge in [0, 0.05) is 39.1 Å². The summed E-state index contributed by atoms with van der Waals surface area (Å²) < 4.78 is 0. The first kappa shape index (κ1) is 23.0. The molecule has 0 aromatic rings. The molecule has 0 aliphatic carbocycles. The first-order chi connectivity index (χ1) is 10.1. The van der Waals surface area contributed by atoms with Gasteiger partial charge >= 0.3 is 0 Å². The Morgan fingerprint density at radius 2 is 1.61 bits per heavy atom. The third-order valence-corrected chi connectivity index (χ3v) is 5.03. The number of nitrogens with zero attached hydrogens (tertiary/aromatic N) is 2. The summed E-state index contributed by atoms with van der Waals surface area (Å²) >= 11 is 0. The van der Waals surface area contributed by atoms with Gasteiger partial charge in [0.2, 0.25) is 5.91 Å². The van der Waals surface area contributed by atoms with E-state index in [0.29, 0.717) is 17.7 Å². The monoisotopic (exact) mass is 367 g/mol. The Balaban J connectivity index is 0.00000242. The van der Waals surface area contributed by atoms with Crippen molar-refractivity contribution in [1.82, 2.24) is 15.1 Å². The van der Waals surface area contributed by atoms with Crippen molar-refractivity contribution in [3.05, 3.63) is 0 Å². The van der Waals surface area contributed by atoms with Gasteiger partial charge in [-0.25, -0.2) is 0 Å². The lowest BCUT2D eigenvalue weighted by Crippen LogP contribution is -2.49. The lowest BCUT2D eigenvalue weighted by atomic mass is 9.84. The van der Waals surface area contributed by atoms with Gasteiger partial charge in [0.15, 0.2) is 0 Å². The van der Waals surface area contributed by atoms with E-state index in [2.05, 4.69) is 35.9 Å². The van der Waals surface area contributed by atoms with Crippen LogP contribution in [-0.4, -0.2) is 61.5 Å². The Bertz CT molecular complexity index is 328. The lowest BCUT2D eigenvalue weighted by molar-refractivity contribution is -0.134. The highest BCUT2D eigenvalue weighted by Gasteiger charge is 2.26. The molecule has 0 aromatic heterocycles. The zero-order valence-electron chi connectivity index (χ0n) is 14.9. The van der Waals surface area contributed by atoms with E-state index >= 15 is 0 Å². The van der Waals surface area contributed by atoms with E-state index in [-0.39, 0.29) is 24.8 Å². The van der Waals surface area contributed by atoms with Gasteiger partial charge in [-0.2, -0.15) is 0 Å². The molecular weight excluding hydrogens is 333 g/mol. The minimum Gasteiger partial charge on any atom is -0.340 e. The van der Waals surface area contributed by atoms with Gasteiger partial charge in [-0.15, -0.1) is 24.8 Å². The Kier molecular flexibility index (Phi) is 11.5. The van der Waals surface area contributed by atoms with E-state index in [0.717, 1.165) is 58.2 Å². The first-order valence-electron chi connectivity index (χ1n) is 8.77. The van der Waals surface area contributed by atoms with Crippen LogP contribution in [0.3, 0.4) is 0 Å². The number of rotatable bonds is 5. The topological polar surface area (TPSA) is 35.6 Å². The predicted octanol–water partition coefficient (Wildman–Crippen LogP) is 2.66. The maximum Gasteiger partial charge on any atom is 0.222 e. The molecule has 0 saturated carbocycles. The minimum atomic E-state index is 0. The lowest BCUT2D eigenvalue weighted by Gasteiger charge is -2.36. The van der Waals surface area contributed by atoms with Crippen LogP contribution in [0, 0.1) is 17.8 Å². The summed E-state index contributed by atoms with van der Waals surface area (Å²) in [6, 6.07) is 0. The normalized spacial score (nSPS) is 21.5. The van der Waals surface area contributed by atoms with Crippen molar-refractivity contribution in [2.75, 3.05) is 45.8 Å². The average molecular weight is 368 g/mol. The molecule has 2 aliphatic rings. The second-order valence-electron chi connectivity index (χ2n) is 7.34. The van der Waals surface area contributed by atoms with E-state index in [1.807, 2.05) is 0 Å². The highest BCUT2D eigenvalue weighted by molar-refractivity contribution is 5.85. The summed E-state index contributed by atoms with van der Waals surface area (Å²) in [6.07, 6.45) is 3.21. The summed E-state index contributed by atoms with van der Waals surface area (Å²) in [5, 5.41) is 3.41. The number of hydrogen-bond acceptors (Lipinski definition) is 3. The van der Waals surface area contributed by atoms with Gasteiger partial charge in [-0.05, 0) is 43.7 Å². The molecule has 1 atom stereocenters. The van der Waals surface area contributed by atoms with Crippen LogP contribution in [0.2, 0.25) is 0 Å². The fourth-order valence-electron chi connectivity index (χ4n) is 3.68.